The van der Waals surface area contributed by atoms with E-state index in [4.69, 9.17) is 11.6 Å². The highest BCUT2D eigenvalue weighted by atomic mass is 35.5. The molecule has 2 aromatic heterocycles. The summed E-state index contributed by atoms with van der Waals surface area (Å²) in [6, 6.07) is -0.121. The van der Waals surface area contributed by atoms with E-state index < -0.39 is 57.6 Å². The van der Waals surface area contributed by atoms with Crippen molar-refractivity contribution < 1.29 is 45.0 Å². The molecule has 1 saturated carbocycles. The van der Waals surface area contributed by atoms with E-state index in [1.165, 1.54) is 11.6 Å². The largest absolute Gasteiger partial charge is 0.434 e. The van der Waals surface area contributed by atoms with Crippen molar-refractivity contribution in [2.75, 3.05) is 18.1 Å². The maximum atomic E-state index is 13.3. The highest BCUT2D eigenvalue weighted by Crippen LogP contribution is 2.39. The lowest BCUT2D eigenvalue weighted by molar-refractivity contribution is -0.136. The first-order valence-corrected chi connectivity index (χ1v) is 15.0. The molecule has 10 nitrogen and oxygen atoms in total. The molecular formula is C24H31ClF5N5O5S. The fourth-order valence-electron chi connectivity index (χ4n) is 4.67. The van der Waals surface area contributed by atoms with Crippen LogP contribution in [-0.4, -0.2) is 76.7 Å². The van der Waals surface area contributed by atoms with E-state index in [0.717, 1.165) is 18.5 Å². The van der Waals surface area contributed by atoms with E-state index in [0.29, 0.717) is 0 Å². The number of pyridine rings is 1. The number of carbonyl (C=O) groups excluding carboxylic acids is 1. The molecule has 1 amide bonds. The summed E-state index contributed by atoms with van der Waals surface area (Å²) in [5.74, 6) is -1.39. The highest BCUT2D eigenvalue weighted by Gasteiger charge is 2.37. The van der Waals surface area contributed by atoms with Crippen molar-refractivity contribution in [2.45, 2.75) is 82.2 Å². The van der Waals surface area contributed by atoms with E-state index in [9.17, 15) is 40.3 Å². The maximum absolute atomic E-state index is 13.3. The van der Waals surface area contributed by atoms with Gasteiger partial charge in [0, 0.05) is 37.7 Å². The molecule has 0 aliphatic heterocycles. The Labute approximate surface area is 238 Å². The van der Waals surface area contributed by atoms with Crippen molar-refractivity contribution >= 4 is 33.2 Å². The fraction of sp³-hybridized carbons (Fsp3) is 0.625. The maximum Gasteiger partial charge on any atom is 0.391 e. The van der Waals surface area contributed by atoms with Gasteiger partial charge in [0.1, 0.15) is 21.4 Å². The van der Waals surface area contributed by atoms with E-state index >= 15 is 0 Å². The number of halogens is 6. The van der Waals surface area contributed by atoms with Crippen LogP contribution in [0, 0.1) is 0 Å². The van der Waals surface area contributed by atoms with E-state index in [2.05, 4.69) is 25.5 Å². The van der Waals surface area contributed by atoms with Gasteiger partial charge in [-0.05, 0) is 39.5 Å². The molecule has 3 N–H and O–H groups in total. The van der Waals surface area contributed by atoms with E-state index in [1.807, 2.05) is 0 Å². The van der Waals surface area contributed by atoms with Crippen LogP contribution in [0.1, 0.15) is 56.4 Å². The van der Waals surface area contributed by atoms with Gasteiger partial charge in [-0.1, -0.05) is 11.6 Å². The van der Waals surface area contributed by atoms with Crippen LogP contribution in [0.3, 0.4) is 0 Å². The number of amides is 1. The van der Waals surface area contributed by atoms with Gasteiger partial charge in [0.05, 0.1) is 33.6 Å². The number of aliphatic hydroxyl groups is 1. The number of anilines is 1. The second kappa shape index (κ2) is 12.7. The Hall–Kier alpha value is -2.72. The van der Waals surface area contributed by atoms with E-state index in [-0.39, 0.29) is 66.6 Å². The van der Waals surface area contributed by atoms with Crippen LogP contribution in [0.25, 0.3) is 11.3 Å². The average Bonchev–Trinajstić information content (AvgIpc) is 3.17. The molecule has 230 valence electrons. The van der Waals surface area contributed by atoms with Crippen LogP contribution < -0.4 is 15.4 Å². The molecule has 2 heterocycles. The first-order valence-electron chi connectivity index (χ1n) is 12.7. The quantitative estimate of drug-likeness (QED) is 0.310. The zero-order valence-corrected chi connectivity index (χ0v) is 24.0. The molecule has 2 aromatic rings. The minimum Gasteiger partial charge on any atom is -0.434 e. The average molecular weight is 632 g/mol. The van der Waals surface area contributed by atoms with Gasteiger partial charge in [0.25, 0.3) is 5.91 Å². The smallest absolute Gasteiger partial charge is 0.391 e. The minimum atomic E-state index is -4.46. The van der Waals surface area contributed by atoms with Crippen LogP contribution in [0.15, 0.2) is 12.3 Å². The molecule has 1 fully saturated rings. The number of nitrogens with one attached hydrogen (secondary N) is 2. The molecule has 3 rings (SSSR count). The summed E-state index contributed by atoms with van der Waals surface area (Å²) in [5, 5.41) is 19.2. The van der Waals surface area contributed by atoms with Crippen molar-refractivity contribution in [3.8, 4) is 17.0 Å². The summed E-state index contributed by atoms with van der Waals surface area (Å²) in [7, 11) is -3.25. The zero-order chi connectivity index (χ0) is 30.8. The molecule has 0 radical (unpaired) electrons. The molecule has 1 aliphatic rings. The summed E-state index contributed by atoms with van der Waals surface area (Å²) < 4.78 is 94.1. The molecule has 17 heteroatoms. The summed E-state index contributed by atoms with van der Waals surface area (Å²) in [4.78, 5) is 17.0. The van der Waals surface area contributed by atoms with Gasteiger partial charge in [-0.2, -0.15) is 27.1 Å². The van der Waals surface area contributed by atoms with Crippen LogP contribution in [0.5, 0.6) is 5.75 Å². The summed E-state index contributed by atoms with van der Waals surface area (Å²) >= 11 is 6.48. The topological polar surface area (TPSA) is 135 Å². The third kappa shape index (κ3) is 8.64. The number of aryl methyl sites for hydroxylation is 1. The molecule has 0 saturated heterocycles. The van der Waals surface area contributed by atoms with Gasteiger partial charge in [-0.25, -0.2) is 13.4 Å². The first-order chi connectivity index (χ1) is 18.9. The van der Waals surface area contributed by atoms with Gasteiger partial charge in [0.2, 0.25) is 0 Å². The molecule has 41 heavy (non-hydrogen) atoms. The summed E-state index contributed by atoms with van der Waals surface area (Å²) in [6.07, 6.45) is -2.68. The Balaban J connectivity index is 1.84. The van der Waals surface area contributed by atoms with Crippen molar-refractivity contribution in [3.05, 3.63) is 23.0 Å². The van der Waals surface area contributed by atoms with E-state index in [1.54, 1.807) is 6.92 Å². The SMILES string of the molecule is CCn1nc(C(=O)NC[C@]2(O)CC[C@@H](S(C)(=O)=O)CC2)c(Cl)c1-c1cnc(NC(C)CC(F)(F)F)cc1OC(F)F. The van der Waals surface area contributed by atoms with Crippen molar-refractivity contribution in [2.24, 2.45) is 0 Å². The van der Waals surface area contributed by atoms with Gasteiger partial charge in [-0.15, -0.1) is 0 Å². The van der Waals surface area contributed by atoms with Crippen molar-refractivity contribution in [1.82, 2.24) is 20.1 Å². The van der Waals surface area contributed by atoms with Crippen LogP contribution in [0.4, 0.5) is 27.8 Å². The number of alkyl halides is 5. The lowest BCUT2D eigenvalue weighted by Crippen LogP contribution is -2.47. The number of hydrogen-bond donors (Lipinski definition) is 3. The number of sulfone groups is 1. The molecular weight excluding hydrogens is 601 g/mol. The number of rotatable bonds is 11. The summed E-state index contributed by atoms with van der Waals surface area (Å²) in [5.41, 5.74) is -1.70. The van der Waals surface area contributed by atoms with Crippen molar-refractivity contribution in [1.29, 1.82) is 0 Å². The van der Waals surface area contributed by atoms with Crippen LogP contribution in [0.2, 0.25) is 5.02 Å². The minimum absolute atomic E-state index is 0.00438. The lowest BCUT2D eigenvalue weighted by Gasteiger charge is -2.35. The fourth-order valence-corrected chi connectivity index (χ4v) is 6.09. The van der Waals surface area contributed by atoms with Gasteiger partial charge >= 0.3 is 12.8 Å². The van der Waals surface area contributed by atoms with Crippen LogP contribution in [-0.2, 0) is 16.4 Å². The lowest BCUT2D eigenvalue weighted by atomic mass is 9.84. The normalized spacial score (nSPS) is 20.6. The van der Waals surface area contributed by atoms with Gasteiger partial charge < -0.3 is 20.5 Å². The highest BCUT2D eigenvalue weighted by molar-refractivity contribution is 7.91. The Morgan fingerprint density at radius 2 is 1.95 bits per heavy atom. The molecule has 0 aromatic carbocycles. The monoisotopic (exact) mass is 631 g/mol. The standard InChI is InChI=1S/C24H31ClF5N5O5S/c1-4-35-20(15-11-31-17(9-16(15)40-22(26)27)33-13(2)10-24(28,29)30)18(25)19(34-35)21(36)32-12-23(37)7-5-14(6-8-23)41(3,38)39/h9,11,13-14,22,37H,4-8,10,12H2,1-3H3,(H,31,33)(H,32,36)/t13?,14-,23+. The Kier molecular flexibility index (Phi) is 10.1. The molecule has 0 bridgehead atoms. The Morgan fingerprint density at radius 1 is 1.32 bits per heavy atom. The number of ether oxygens (including phenoxy) is 1. The van der Waals surface area contributed by atoms with Crippen molar-refractivity contribution in [3.63, 3.8) is 0 Å². The Bertz CT molecular complexity index is 1350. The second-order valence-electron chi connectivity index (χ2n) is 10.1. The predicted octanol–water partition coefficient (Wildman–Crippen LogP) is 4.42. The van der Waals surface area contributed by atoms with Gasteiger partial charge in [0.15, 0.2) is 5.69 Å². The third-order valence-electron chi connectivity index (χ3n) is 6.73. The predicted molar refractivity (Wildman–Crippen MR) is 141 cm³/mol. The molecule has 1 atom stereocenters. The number of aromatic nitrogens is 3. The summed E-state index contributed by atoms with van der Waals surface area (Å²) in [6.45, 7) is -0.471. The number of carbonyl (C=O) groups is 1. The molecule has 1 aliphatic carbocycles. The second-order valence-corrected chi connectivity index (χ2v) is 12.8. The first kappa shape index (κ1) is 32.8. The van der Waals surface area contributed by atoms with Crippen LogP contribution >= 0.6 is 11.6 Å². The molecule has 0 spiro atoms. The number of nitrogens with zero attached hydrogens (tertiary/aromatic N) is 3. The third-order valence-corrected chi connectivity index (χ3v) is 8.77. The van der Waals surface area contributed by atoms with Gasteiger partial charge in [-0.3, -0.25) is 9.48 Å². The molecule has 1 unspecified atom stereocenters. The Morgan fingerprint density at radius 3 is 2.49 bits per heavy atom. The zero-order valence-electron chi connectivity index (χ0n) is 22.4. The number of hydrogen-bond acceptors (Lipinski definition) is 8.